The summed E-state index contributed by atoms with van der Waals surface area (Å²) in [6.45, 7) is 1.12. The third-order valence-corrected chi connectivity index (χ3v) is 23.3. The van der Waals surface area contributed by atoms with Gasteiger partial charge in [-0.1, -0.05) is 80.2 Å². The fourth-order valence-electron chi connectivity index (χ4n) is 21.9. The Morgan fingerprint density at radius 2 is 0.573 bits per heavy atom. The van der Waals surface area contributed by atoms with Crippen LogP contribution >= 0.6 is 0 Å². The summed E-state index contributed by atoms with van der Waals surface area (Å²) in [5.74, 6) is 15.5. The molecule has 9 heteroatoms. The molecule has 17 aliphatic rings. The number of hydrogen-bond acceptors (Lipinski definition) is 4. The van der Waals surface area contributed by atoms with Gasteiger partial charge in [0.1, 0.15) is 0 Å². The first-order valence-corrected chi connectivity index (χ1v) is 30.1. The van der Waals surface area contributed by atoms with Crippen LogP contribution in [0.25, 0.3) is 22.3 Å². The Morgan fingerprint density at radius 3 is 0.867 bits per heavy atom. The van der Waals surface area contributed by atoms with E-state index in [2.05, 4.69) is 117 Å². The lowest BCUT2D eigenvalue weighted by atomic mass is 9.53. The van der Waals surface area contributed by atoms with Crippen molar-refractivity contribution >= 4 is 30.3 Å². The fourth-order valence-corrected chi connectivity index (χ4v) is 21.9. The lowest BCUT2D eigenvalue weighted by Crippen LogP contribution is -3.00. The number of nitrogens with one attached hydrogen (secondary N) is 2. The summed E-state index contributed by atoms with van der Waals surface area (Å²) in [5, 5.41) is 8.29. The van der Waals surface area contributed by atoms with E-state index in [0.717, 1.165) is 113 Å². The second-order valence-electron chi connectivity index (χ2n) is 27.5. The van der Waals surface area contributed by atoms with Crippen molar-refractivity contribution in [2.45, 2.75) is 160 Å². The number of halogens is 4. The molecule has 16 saturated carbocycles. The van der Waals surface area contributed by atoms with E-state index in [1.165, 1.54) is 161 Å². The smallest absolute Gasteiger partial charge is 0.762 e. The number of hydrogen-bond donors (Lipinski definition) is 2. The summed E-state index contributed by atoms with van der Waals surface area (Å²) in [4.78, 5) is 5.96. The summed E-state index contributed by atoms with van der Waals surface area (Å²) >= 11 is 0. The number of para-hydroxylation sites is 4. The van der Waals surface area contributed by atoms with Crippen molar-refractivity contribution in [1.29, 1.82) is 0 Å². The zero-order chi connectivity index (χ0) is 48.5. The van der Waals surface area contributed by atoms with Crippen LogP contribution in [0, 0.1) is 94.7 Å². The number of anilines is 4. The molecule has 2 N–H and O–H groups in total. The van der Waals surface area contributed by atoms with Crippen molar-refractivity contribution in [3.63, 3.8) is 0 Å². The highest BCUT2D eigenvalue weighted by molar-refractivity contribution is 6.33. The summed E-state index contributed by atoms with van der Waals surface area (Å²) in [6, 6.07) is 40.2. The predicted octanol–water partition coefficient (Wildman–Crippen LogP) is 13.9. The molecular formula is C66H84BF4N4-. The van der Waals surface area contributed by atoms with E-state index in [-0.39, 0.29) is 12.1 Å². The van der Waals surface area contributed by atoms with E-state index in [4.69, 9.17) is 0 Å². The van der Waals surface area contributed by atoms with Crippen LogP contribution in [-0.2, 0) is 0 Å². The largest absolute Gasteiger partial charge is 1.00 e. The molecule has 0 saturated heterocycles. The van der Waals surface area contributed by atoms with Gasteiger partial charge >= 0.3 is 7.54 Å². The van der Waals surface area contributed by atoms with Gasteiger partial charge in [-0.15, -0.1) is 0 Å². The van der Waals surface area contributed by atoms with Crippen molar-refractivity contribution in [2.75, 3.05) is 27.1 Å². The second kappa shape index (κ2) is 20.3. The Bertz CT molecular complexity index is 2370. The van der Waals surface area contributed by atoms with Crippen molar-refractivity contribution in [3.05, 3.63) is 97.1 Å². The molecule has 21 rings (SSSR count). The molecular weight excluding hydrogens is 936 g/mol. The molecule has 0 aromatic heterocycles. The number of benzene rings is 4. The Labute approximate surface area is 447 Å². The summed E-state index contributed by atoms with van der Waals surface area (Å²) < 4.78 is 29.0. The minimum atomic E-state index is -3.67. The molecule has 0 atom stereocenters. The maximum atomic E-state index is 9.67. The third kappa shape index (κ3) is 9.12. The first kappa shape index (κ1) is 50.4. The lowest BCUT2D eigenvalue weighted by Gasteiger charge is -2.60. The van der Waals surface area contributed by atoms with Crippen LogP contribution in [-0.4, -0.2) is 38.4 Å². The number of rotatable bonds is 7. The highest BCUT2D eigenvalue weighted by atomic mass is 19.4. The van der Waals surface area contributed by atoms with Crippen LogP contribution in [0.5, 0.6) is 0 Å². The molecule has 16 aliphatic carbocycles. The van der Waals surface area contributed by atoms with Crippen molar-refractivity contribution in [1.82, 2.24) is 0 Å². The fraction of sp³-hybridized carbons (Fsp3) is 0.636. The molecule has 16 bridgehead atoms. The van der Waals surface area contributed by atoms with Gasteiger partial charge in [0.25, 0.3) is 0 Å². The molecule has 1 heterocycles. The first-order valence-electron chi connectivity index (χ1n) is 30.1. The average molecular weight is 1020 g/mol. The van der Waals surface area contributed by atoms with E-state index >= 15 is 0 Å². The summed E-state index contributed by atoms with van der Waals surface area (Å²) in [5.41, 5.74) is 11.5. The van der Waals surface area contributed by atoms with Crippen LogP contribution < -0.4 is 25.1 Å². The van der Waals surface area contributed by atoms with Crippen LogP contribution in [0.15, 0.2) is 97.1 Å². The van der Waals surface area contributed by atoms with Gasteiger partial charge in [0.15, 0.2) is 0 Å². The van der Waals surface area contributed by atoms with E-state index in [0.29, 0.717) is 12.1 Å². The van der Waals surface area contributed by atoms with Gasteiger partial charge in [-0.25, -0.2) is 0 Å². The Morgan fingerprint density at radius 1 is 0.333 bits per heavy atom. The maximum Gasteiger partial charge on any atom is 0.762 e. The SMILES string of the molecule is C.FB(F)F.[F-].c1ccc(-c2ccccc2NC2C3CC4CC(C3)CC2C4)c(NC2C3CC4CC(C3)CC2C4)c1.c1ccc2c(c1)-c1ccccc1N(C1C3CC4CC(C3)CC1C4)CN2C1C2CC3CC(C2)CC1C3. The van der Waals surface area contributed by atoms with Gasteiger partial charge in [0.2, 0.25) is 0 Å². The Balaban J connectivity index is 0.000000132. The average Bonchev–Trinajstić information content (AvgIpc) is 3.52. The lowest BCUT2D eigenvalue weighted by molar-refractivity contribution is -0.0103. The van der Waals surface area contributed by atoms with E-state index in [1.807, 2.05) is 0 Å². The molecule has 75 heavy (non-hydrogen) atoms. The third-order valence-electron chi connectivity index (χ3n) is 23.3. The zero-order valence-electron chi connectivity index (χ0n) is 43.6. The second-order valence-corrected chi connectivity index (χ2v) is 27.5. The molecule has 4 aromatic carbocycles. The van der Waals surface area contributed by atoms with Crippen LogP contribution in [0.1, 0.15) is 136 Å². The Hall–Kier alpha value is -4.14. The molecule has 0 unspecified atom stereocenters. The van der Waals surface area contributed by atoms with E-state index < -0.39 is 7.54 Å². The van der Waals surface area contributed by atoms with Crippen LogP contribution in [0.2, 0.25) is 0 Å². The van der Waals surface area contributed by atoms with Gasteiger partial charge in [-0.3, -0.25) is 12.9 Å². The van der Waals surface area contributed by atoms with E-state index in [1.54, 1.807) is 12.8 Å². The zero-order valence-corrected chi connectivity index (χ0v) is 43.6. The summed E-state index contributed by atoms with van der Waals surface area (Å²) in [6.07, 6.45) is 29.9. The molecule has 0 spiro atoms. The van der Waals surface area contributed by atoms with Crippen molar-refractivity contribution < 1.29 is 17.7 Å². The minimum absolute atomic E-state index is 0. The van der Waals surface area contributed by atoms with Gasteiger partial charge in [-0.05, 0) is 247 Å². The normalized spacial score (nSPS) is 40.7. The molecule has 0 radical (unpaired) electrons. The standard InChI is InChI=1S/C33H40N2.C32H40N2.CH4.BF3.FH/c1-3-7-30-28(5-1)29-6-2-4-8-31(29)35(33-26-15-22-10-23(17-26)18-27(33)16-22)19-34(30)32-24-11-20-9-21(13-24)14-25(32)12-20;1-3-7-29(33-31-23-11-19-9-20(13-23)14-24(31)12-19)27(5-1)28-6-2-4-8-30(28)34-32-25-15-21-10-22(17-25)18-26(32)16-21;;2-1(3)4;/h1-8,20-27,32-33H,9-19H2;1-8,19-26,31-34H,9-18H2;1H4;;1H/p-1. The summed E-state index contributed by atoms with van der Waals surface area (Å²) in [7, 11) is -3.67. The number of nitrogens with zero attached hydrogens (tertiary/aromatic N) is 2. The van der Waals surface area contributed by atoms with Crippen LogP contribution in [0.3, 0.4) is 0 Å². The Kier molecular flexibility index (Phi) is 13.6. The molecule has 16 fully saturated rings. The molecule has 1 aliphatic heterocycles. The van der Waals surface area contributed by atoms with Crippen molar-refractivity contribution in [2.24, 2.45) is 94.7 Å². The monoisotopic (exact) mass is 1020 g/mol. The first-order chi connectivity index (χ1) is 35.8. The molecule has 0 amide bonds. The number of fused-ring (bicyclic) bond motifs is 3. The molecule has 4 aromatic rings. The molecule has 4 nitrogen and oxygen atoms in total. The van der Waals surface area contributed by atoms with Crippen LogP contribution in [0.4, 0.5) is 35.7 Å². The minimum Gasteiger partial charge on any atom is -1.00 e. The van der Waals surface area contributed by atoms with Gasteiger partial charge in [-0.2, -0.15) is 0 Å². The van der Waals surface area contributed by atoms with E-state index in [9.17, 15) is 12.9 Å². The van der Waals surface area contributed by atoms with Gasteiger partial charge < -0.3 is 25.1 Å². The molecule has 400 valence electrons. The quantitative estimate of drug-likeness (QED) is 0.143. The van der Waals surface area contributed by atoms with Crippen molar-refractivity contribution in [3.8, 4) is 22.3 Å². The highest BCUT2D eigenvalue weighted by Crippen LogP contribution is 2.61. The highest BCUT2D eigenvalue weighted by Gasteiger charge is 2.55. The van der Waals surface area contributed by atoms with Gasteiger partial charge in [0, 0.05) is 69.2 Å². The topological polar surface area (TPSA) is 30.5 Å². The van der Waals surface area contributed by atoms with Gasteiger partial charge in [0.05, 0.1) is 6.67 Å². The maximum absolute atomic E-state index is 9.67. The predicted molar refractivity (Wildman–Crippen MR) is 300 cm³/mol.